The number of benzene rings is 1. The zero-order valence-electron chi connectivity index (χ0n) is 9.14. The predicted octanol–water partition coefficient (Wildman–Crippen LogP) is 1.82. The maximum absolute atomic E-state index is 9.23. The molecule has 0 atom stereocenters. The second kappa shape index (κ2) is 4.11. The van der Waals surface area contributed by atoms with Crippen molar-refractivity contribution in [2.24, 2.45) is 0 Å². The molecule has 0 aliphatic heterocycles. The molecule has 76 valence electrons. The minimum absolute atomic E-state index is 0.113. The Morgan fingerprint density at radius 1 is 1.40 bits per heavy atom. The van der Waals surface area contributed by atoms with Gasteiger partial charge in [0, 0.05) is 17.4 Å². The number of pyridine rings is 1. The van der Waals surface area contributed by atoms with Gasteiger partial charge in [-0.1, -0.05) is 24.2 Å². The molecule has 1 heterocycles. The van der Waals surface area contributed by atoms with E-state index >= 15 is 0 Å². The zero-order chi connectivity index (χ0) is 11.5. The fourth-order valence-corrected chi connectivity index (χ4v) is 1.43. The highest BCUT2D eigenvalue weighted by Gasteiger charge is 2.04. The lowest BCUT2D eigenvalue weighted by atomic mass is 10.0. The van der Waals surface area contributed by atoms with Crippen LogP contribution in [0.1, 0.15) is 6.93 Å². The van der Waals surface area contributed by atoms with Crippen LogP contribution in [0.25, 0.3) is 11.3 Å². The smallest absolute Gasteiger partial charge is 0.0726 e. The van der Waals surface area contributed by atoms with E-state index in [0.29, 0.717) is 28.6 Å². The first kappa shape index (κ1) is 8.44. The summed E-state index contributed by atoms with van der Waals surface area (Å²) in [5.41, 5.74) is 8.21. The van der Waals surface area contributed by atoms with E-state index in [1.54, 1.807) is 36.5 Å². The lowest BCUT2D eigenvalue weighted by Crippen LogP contribution is -1.92. The number of nitrogen functional groups attached to an aromatic ring is 1. The highest BCUT2D eigenvalue weighted by atomic mass is 16.3. The van der Waals surface area contributed by atoms with E-state index in [4.69, 9.17) is 7.10 Å². The summed E-state index contributed by atoms with van der Waals surface area (Å²) in [5, 5.41) is 9.23. The van der Waals surface area contributed by atoms with Crippen LogP contribution in [0.5, 0.6) is 0 Å². The second-order valence-corrected chi connectivity index (χ2v) is 3.20. The SMILES string of the molecule is [2H]c1cccc(CO)c1-c1cc(N)ccn1. The Balaban J connectivity index is 2.63. The van der Waals surface area contributed by atoms with Crippen molar-refractivity contribution in [1.29, 1.82) is 0 Å². The van der Waals surface area contributed by atoms with E-state index in [9.17, 15) is 5.11 Å². The molecule has 0 spiro atoms. The minimum Gasteiger partial charge on any atom is -0.399 e. The van der Waals surface area contributed by atoms with Gasteiger partial charge in [-0.25, -0.2) is 0 Å². The maximum atomic E-state index is 9.23. The number of anilines is 1. The molecule has 0 radical (unpaired) electrons. The Morgan fingerprint density at radius 2 is 2.27 bits per heavy atom. The molecular weight excluding hydrogens is 188 g/mol. The molecule has 1 aromatic heterocycles. The normalized spacial score (nSPS) is 11.1. The number of hydrogen-bond donors (Lipinski definition) is 2. The molecule has 0 saturated heterocycles. The van der Waals surface area contributed by atoms with Gasteiger partial charge in [0.15, 0.2) is 0 Å². The van der Waals surface area contributed by atoms with Gasteiger partial charge in [0.2, 0.25) is 0 Å². The van der Waals surface area contributed by atoms with Crippen molar-refractivity contribution in [3.63, 3.8) is 0 Å². The number of aliphatic hydroxyl groups is 1. The van der Waals surface area contributed by atoms with Crippen molar-refractivity contribution >= 4 is 5.69 Å². The van der Waals surface area contributed by atoms with Gasteiger partial charge in [0.05, 0.1) is 13.7 Å². The largest absolute Gasteiger partial charge is 0.399 e. The average molecular weight is 201 g/mol. The molecule has 0 aliphatic carbocycles. The summed E-state index contributed by atoms with van der Waals surface area (Å²) < 4.78 is 7.83. The lowest BCUT2D eigenvalue weighted by Gasteiger charge is -2.06. The molecule has 3 N–H and O–H groups in total. The number of aromatic nitrogens is 1. The highest BCUT2D eigenvalue weighted by molar-refractivity contribution is 5.66. The Bertz CT molecular complexity index is 514. The summed E-state index contributed by atoms with van der Waals surface area (Å²) in [5.74, 6) is 0. The van der Waals surface area contributed by atoms with Crippen molar-refractivity contribution in [2.45, 2.75) is 6.61 Å². The minimum atomic E-state index is -0.113. The predicted molar refractivity (Wildman–Crippen MR) is 60.0 cm³/mol. The van der Waals surface area contributed by atoms with Crippen LogP contribution in [0.4, 0.5) is 5.69 Å². The van der Waals surface area contributed by atoms with Gasteiger partial charge in [-0.05, 0) is 17.7 Å². The molecule has 0 bridgehead atoms. The van der Waals surface area contributed by atoms with Crippen LogP contribution in [0.2, 0.25) is 0 Å². The maximum Gasteiger partial charge on any atom is 0.0726 e. The molecule has 0 unspecified atom stereocenters. The number of nitrogens with two attached hydrogens (primary N) is 1. The molecule has 0 aliphatic rings. The fourth-order valence-electron chi connectivity index (χ4n) is 1.43. The molecule has 3 heteroatoms. The van der Waals surface area contributed by atoms with Crippen LogP contribution >= 0.6 is 0 Å². The quantitative estimate of drug-likeness (QED) is 0.779. The molecule has 0 saturated carbocycles. The topological polar surface area (TPSA) is 59.1 Å². The van der Waals surface area contributed by atoms with Crippen LogP contribution in [-0.4, -0.2) is 10.1 Å². The Hall–Kier alpha value is -1.87. The third-order valence-electron chi connectivity index (χ3n) is 2.15. The Kier molecular flexibility index (Phi) is 2.31. The first-order chi connectivity index (χ1) is 7.72. The Morgan fingerprint density at radius 3 is 3.00 bits per heavy atom. The third-order valence-corrected chi connectivity index (χ3v) is 2.15. The van der Waals surface area contributed by atoms with Crippen molar-refractivity contribution in [3.8, 4) is 11.3 Å². The van der Waals surface area contributed by atoms with E-state index in [0.717, 1.165) is 0 Å². The highest BCUT2D eigenvalue weighted by Crippen LogP contribution is 2.22. The van der Waals surface area contributed by atoms with Gasteiger partial charge in [-0.2, -0.15) is 0 Å². The molecule has 2 aromatic rings. The van der Waals surface area contributed by atoms with E-state index in [1.807, 2.05) is 0 Å². The first-order valence-corrected chi connectivity index (χ1v) is 4.63. The monoisotopic (exact) mass is 201 g/mol. The summed E-state index contributed by atoms with van der Waals surface area (Å²) in [6, 6.07) is 8.91. The standard InChI is InChI=1S/C12H12N2O/c13-10-5-6-14-12(7-10)11-4-2-1-3-9(11)8-15/h1-7,15H,8H2,(H2,13,14)/i4D. The second-order valence-electron chi connectivity index (χ2n) is 3.20. The van der Waals surface area contributed by atoms with E-state index in [1.165, 1.54) is 0 Å². The van der Waals surface area contributed by atoms with Gasteiger partial charge < -0.3 is 10.8 Å². The van der Waals surface area contributed by atoms with Gasteiger partial charge in [-0.3, -0.25) is 4.98 Å². The van der Waals surface area contributed by atoms with Crippen LogP contribution in [0.15, 0.2) is 42.6 Å². The molecule has 15 heavy (non-hydrogen) atoms. The average Bonchev–Trinajstić information content (AvgIpc) is 2.28. The van der Waals surface area contributed by atoms with Gasteiger partial charge in [0.1, 0.15) is 0 Å². The van der Waals surface area contributed by atoms with Crippen LogP contribution in [-0.2, 0) is 6.61 Å². The zero-order valence-corrected chi connectivity index (χ0v) is 8.14. The number of hydrogen-bond acceptors (Lipinski definition) is 3. The molecule has 0 fully saturated rings. The van der Waals surface area contributed by atoms with Gasteiger partial charge in [-0.15, -0.1) is 0 Å². The van der Waals surface area contributed by atoms with E-state index in [-0.39, 0.29) is 6.61 Å². The summed E-state index contributed by atoms with van der Waals surface area (Å²) in [6.07, 6.45) is 1.60. The number of aliphatic hydroxyl groups excluding tert-OH is 1. The van der Waals surface area contributed by atoms with Gasteiger partial charge >= 0.3 is 0 Å². The van der Waals surface area contributed by atoms with E-state index < -0.39 is 0 Å². The summed E-state index contributed by atoms with van der Waals surface area (Å²) in [4.78, 5) is 4.17. The summed E-state index contributed by atoms with van der Waals surface area (Å²) >= 11 is 0. The molecule has 3 nitrogen and oxygen atoms in total. The van der Waals surface area contributed by atoms with Gasteiger partial charge in [0.25, 0.3) is 0 Å². The van der Waals surface area contributed by atoms with Crippen LogP contribution < -0.4 is 5.73 Å². The first-order valence-electron chi connectivity index (χ1n) is 5.13. The number of nitrogens with zero attached hydrogens (tertiary/aromatic N) is 1. The summed E-state index contributed by atoms with van der Waals surface area (Å²) in [7, 11) is 0. The molecule has 2 rings (SSSR count). The molecular formula is C12H12N2O. The van der Waals surface area contributed by atoms with Crippen LogP contribution in [0.3, 0.4) is 0 Å². The molecule has 1 aromatic carbocycles. The van der Waals surface area contributed by atoms with E-state index in [2.05, 4.69) is 4.98 Å². The Labute approximate surface area is 89.6 Å². The number of rotatable bonds is 2. The van der Waals surface area contributed by atoms with Crippen molar-refractivity contribution < 1.29 is 6.48 Å². The van der Waals surface area contributed by atoms with Crippen molar-refractivity contribution in [2.75, 3.05) is 5.73 Å². The summed E-state index contributed by atoms with van der Waals surface area (Å²) in [6.45, 7) is -0.113. The van der Waals surface area contributed by atoms with Crippen molar-refractivity contribution in [1.82, 2.24) is 4.98 Å². The molecule has 0 amide bonds. The van der Waals surface area contributed by atoms with Crippen LogP contribution in [0, 0.1) is 0 Å². The fraction of sp³-hybridized carbons (Fsp3) is 0.0833. The lowest BCUT2D eigenvalue weighted by molar-refractivity contribution is 0.282. The van der Waals surface area contributed by atoms with Crippen molar-refractivity contribution in [3.05, 3.63) is 48.1 Å². The third kappa shape index (κ3) is 1.97.